The highest BCUT2D eigenvalue weighted by Gasteiger charge is 2.20. The van der Waals surface area contributed by atoms with Crippen molar-refractivity contribution in [1.29, 1.82) is 0 Å². The third-order valence-electron chi connectivity index (χ3n) is 4.82. The number of para-hydroxylation sites is 1. The van der Waals surface area contributed by atoms with Crippen molar-refractivity contribution in [3.63, 3.8) is 0 Å². The molecule has 0 radical (unpaired) electrons. The van der Waals surface area contributed by atoms with E-state index in [2.05, 4.69) is 30.6 Å². The molecule has 0 saturated carbocycles. The Morgan fingerprint density at radius 3 is 2.25 bits per heavy atom. The lowest BCUT2D eigenvalue weighted by molar-refractivity contribution is 0.0277. The van der Waals surface area contributed by atoms with E-state index in [1.54, 1.807) is 12.1 Å². The number of hydrogen-bond acceptors (Lipinski definition) is 3. The number of carbonyl (C=O) groups excluding carboxylic acids is 1. The predicted molar refractivity (Wildman–Crippen MR) is 119 cm³/mol. The molecular formula is C23H26N2O2S. The molecule has 5 heteroatoms. The van der Waals surface area contributed by atoms with E-state index in [0.717, 1.165) is 30.6 Å². The second-order valence-electron chi connectivity index (χ2n) is 7.26. The molecule has 2 aromatic rings. The minimum atomic E-state index is -0.275. The zero-order chi connectivity index (χ0) is 19.9. The van der Waals surface area contributed by atoms with Gasteiger partial charge in [-0.3, -0.25) is 0 Å². The summed E-state index contributed by atoms with van der Waals surface area (Å²) >= 11 is 5.32. The van der Waals surface area contributed by atoms with Crippen molar-refractivity contribution in [2.45, 2.75) is 39.2 Å². The number of benzene rings is 2. The van der Waals surface area contributed by atoms with E-state index in [1.807, 2.05) is 42.5 Å². The van der Waals surface area contributed by atoms with Crippen molar-refractivity contribution >= 4 is 34.7 Å². The van der Waals surface area contributed by atoms with Gasteiger partial charge in [-0.2, -0.15) is 0 Å². The fraction of sp³-hybridized carbons (Fsp3) is 0.304. The van der Waals surface area contributed by atoms with E-state index in [0.29, 0.717) is 16.6 Å². The topological polar surface area (TPSA) is 50.4 Å². The molecule has 4 nitrogen and oxygen atoms in total. The molecule has 0 aromatic heterocycles. The van der Waals surface area contributed by atoms with E-state index in [4.69, 9.17) is 17.0 Å². The number of esters is 1. The maximum absolute atomic E-state index is 12.4. The summed E-state index contributed by atoms with van der Waals surface area (Å²) in [6, 6.07) is 16.9. The number of hydrogen-bond donors (Lipinski definition) is 2. The smallest absolute Gasteiger partial charge is 0.338 e. The molecule has 1 aliphatic carbocycles. The standard InChI is InChI=1S/C23H26N2O2S/c1-16(2)17-10-14-21(15-11-17)27-22(26)18-8-12-20(13-9-18)25-23(28)24-19-6-4-3-5-7-19/h3-10,12-13,16,21H,11,14-15H2,1-2H3,(H2,24,25,28)/t21-/m0/s1. The van der Waals surface area contributed by atoms with Crippen LogP contribution >= 0.6 is 12.2 Å². The normalized spacial score (nSPS) is 16.2. The van der Waals surface area contributed by atoms with Crippen LogP contribution in [0.2, 0.25) is 0 Å². The first-order chi connectivity index (χ1) is 13.5. The van der Waals surface area contributed by atoms with E-state index in [1.165, 1.54) is 5.57 Å². The Hall–Kier alpha value is -2.66. The molecule has 0 bridgehead atoms. The first-order valence-electron chi connectivity index (χ1n) is 9.64. The van der Waals surface area contributed by atoms with E-state index >= 15 is 0 Å². The van der Waals surface area contributed by atoms with Gasteiger partial charge in [-0.15, -0.1) is 0 Å². The molecule has 2 N–H and O–H groups in total. The lowest BCUT2D eigenvalue weighted by atomic mass is 9.90. The zero-order valence-corrected chi connectivity index (χ0v) is 17.1. The highest BCUT2D eigenvalue weighted by atomic mass is 32.1. The third-order valence-corrected chi connectivity index (χ3v) is 5.03. The van der Waals surface area contributed by atoms with Crippen LogP contribution in [0, 0.1) is 5.92 Å². The molecule has 0 spiro atoms. The molecule has 0 fully saturated rings. The quantitative estimate of drug-likeness (QED) is 0.382. The summed E-state index contributed by atoms with van der Waals surface area (Å²) in [6.45, 7) is 4.41. The van der Waals surface area contributed by atoms with Gasteiger partial charge in [-0.25, -0.2) is 4.79 Å². The maximum Gasteiger partial charge on any atom is 0.338 e. The number of allylic oxidation sites excluding steroid dienone is 1. The van der Waals surface area contributed by atoms with E-state index in [9.17, 15) is 4.79 Å². The number of anilines is 2. The molecule has 0 unspecified atom stereocenters. The Bertz CT molecular complexity index is 845. The number of thiocarbonyl (C=S) groups is 1. The minimum Gasteiger partial charge on any atom is -0.458 e. The summed E-state index contributed by atoms with van der Waals surface area (Å²) in [5, 5.41) is 6.73. The van der Waals surface area contributed by atoms with Crippen LogP contribution in [0.1, 0.15) is 43.5 Å². The van der Waals surface area contributed by atoms with E-state index in [-0.39, 0.29) is 12.1 Å². The lowest BCUT2D eigenvalue weighted by Gasteiger charge is -2.24. The van der Waals surface area contributed by atoms with Crippen molar-refractivity contribution in [3.05, 3.63) is 71.8 Å². The molecular weight excluding hydrogens is 368 g/mol. The van der Waals surface area contributed by atoms with Gasteiger partial charge in [0.05, 0.1) is 5.56 Å². The maximum atomic E-state index is 12.4. The minimum absolute atomic E-state index is 0.0320. The molecule has 146 valence electrons. The van der Waals surface area contributed by atoms with Gasteiger partial charge in [0.25, 0.3) is 0 Å². The van der Waals surface area contributed by atoms with Crippen molar-refractivity contribution in [3.8, 4) is 0 Å². The van der Waals surface area contributed by atoms with Crippen molar-refractivity contribution in [2.75, 3.05) is 10.6 Å². The summed E-state index contributed by atoms with van der Waals surface area (Å²) in [7, 11) is 0. The molecule has 0 heterocycles. The largest absolute Gasteiger partial charge is 0.458 e. The summed E-state index contributed by atoms with van der Waals surface area (Å²) in [4.78, 5) is 12.4. The molecule has 1 aliphatic rings. The van der Waals surface area contributed by atoms with Gasteiger partial charge in [-0.05, 0) is 67.4 Å². The third kappa shape index (κ3) is 5.67. The average molecular weight is 395 g/mol. The second-order valence-corrected chi connectivity index (χ2v) is 7.67. The summed E-state index contributed by atoms with van der Waals surface area (Å²) in [5.74, 6) is 0.294. The summed E-state index contributed by atoms with van der Waals surface area (Å²) in [5.41, 5.74) is 3.74. The van der Waals surface area contributed by atoms with Crippen LogP contribution in [0.4, 0.5) is 11.4 Å². The fourth-order valence-electron chi connectivity index (χ4n) is 3.19. The number of carbonyl (C=O) groups is 1. The first kappa shape index (κ1) is 20.1. The van der Waals surface area contributed by atoms with Gasteiger partial charge in [0.1, 0.15) is 6.10 Å². The Balaban J connectivity index is 1.51. The van der Waals surface area contributed by atoms with Crippen LogP contribution in [0.5, 0.6) is 0 Å². The second kappa shape index (κ2) is 9.51. The van der Waals surface area contributed by atoms with Crippen LogP contribution < -0.4 is 10.6 Å². The van der Waals surface area contributed by atoms with Crippen LogP contribution in [-0.2, 0) is 4.74 Å². The number of rotatable bonds is 5. The Labute approximate surface area is 172 Å². The zero-order valence-electron chi connectivity index (χ0n) is 16.3. The van der Waals surface area contributed by atoms with Crippen molar-refractivity contribution < 1.29 is 9.53 Å². The average Bonchev–Trinajstić information content (AvgIpc) is 2.69. The van der Waals surface area contributed by atoms with Gasteiger partial charge in [0, 0.05) is 17.8 Å². The highest BCUT2D eigenvalue weighted by molar-refractivity contribution is 7.80. The van der Waals surface area contributed by atoms with Crippen molar-refractivity contribution in [1.82, 2.24) is 0 Å². The first-order valence-corrected chi connectivity index (χ1v) is 10.0. The lowest BCUT2D eigenvalue weighted by Crippen LogP contribution is -2.21. The molecule has 0 amide bonds. The highest BCUT2D eigenvalue weighted by Crippen LogP contribution is 2.26. The van der Waals surface area contributed by atoms with Crippen LogP contribution in [0.3, 0.4) is 0 Å². The van der Waals surface area contributed by atoms with Gasteiger partial charge in [0.2, 0.25) is 0 Å². The molecule has 1 atom stereocenters. The van der Waals surface area contributed by atoms with Crippen LogP contribution in [-0.4, -0.2) is 17.2 Å². The predicted octanol–water partition coefficient (Wildman–Crippen LogP) is 5.79. The Morgan fingerprint density at radius 2 is 1.68 bits per heavy atom. The van der Waals surface area contributed by atoms with Gasteiger partial charge < -0.3 is 15.4 Å². The van der Waals surface area contributed by atoms with E-state index < -0.39 is 0 Å². The van der Waals surface area contributed by atoms with Gasteiger partial charge >= 0.3 is 5.97 Å². The fourth-order valence-corrected chi connectivity index (χ4v) is 3.42. The van der Waals surface area contributed by atoms with Crippen molar-refractivity contribution in [2.24, 2.45) is 5.92 Å². The number of ether oxygens (including phenoxy) is 1. The number of nitrogens with one attached hydrogen (secondary N) is 2. The molecule has 0 saturated heterocycles. The molecule has 2 aromatic carbocycles. The van der Waals surface area contributed by atoms with Gasteiger partial charge in [0.15, 0.2) is 5.11 Å². The Kier molecular flexibility index (Phi) is 6.82. The summed E-state index contributed by atoms with van der Waals surface area (Å²) < 4.78 is 5.66. The monoisotopic (exact) mass is 394 g/mol. The SMILES string of the molecule is CC(C)C1=CC[C@H](OC(=O)c2ccc(NC(=S)Nc3ccccc3)cc2)CC1. The summed E-state index contributed by atoms with van der Waals surface area (Å²) in [6.07, 6.45) is 4.90. The van der Waals surface area contributed by atoms with Crippen LogP contribution in [0.15, 0.2) is 66.2 Å². The molecule has 3 rings (SSSR count). The van der Waals surface area contributed by atoms with Crippen LogP contribution in [0.25, 0.3) is 0 Å². The molecule has 0 aliphatic heterocycles. The van der Waals surface area contributed by atoms with Gasteiger partial charge in [-0.1, -0.05) is 43.7 Å². The Morgan fingerprint density at radius 1 is 1.04 bits per heavy atom. The molecule has 28 heavy (non-hydrogen) atoms.